The Labute approximate surface area is 96.9 Å². The number of hydrogen-bond acceptors (Lipinski definition) is 4. The summed E-state index contributed by atoms with van der Waals surface area (Å²) in [6.45, 7) is 3.69. The van der Waals surface area contributed by atoms with E-state index >= 15 is 0 Å². The predicted molar refractivity (Wildman–Crippen MR) is 61.9 cm³/mol. The van der Waals surface area contributed by atoms with E-state index < -0.39 is 12.2 Å². The van der Waals surface area contributed by atoms with Crippen molar-refractivity contribution >= 4 is 5.97 Å². The van der Waals surface area contributed by atoms with Crippen LogP contribution in [-0.2, 0) is 9.53 Å². The first-order valence-electron chi connectivity index (χ1n) is 5.57. The van der Waals surface area contributed by atoms with E-state index in [1.54, 1.807) is 13.0 Å². The van der Waals surface area contributed by atoms with Gasteiger partial charge in [0.15, 0.2) is 0 Å². The third-order valence-corrected chi connectivity index (χ3v) is 2.30. The zero-order chi connectivity index (χ0) is 12.6. The van der Waals surface area contributed by atoms with Crippen LogP contribution in [0.3, 0.4) is 0 Å². The van der Waals surface area contributed by atoms with E-state index in [9.17, 15) is 9.90 Å². The minimum atomic E-state index is -0.644. The number of allylic oxidation sites excluding steroid dienone is 1. The normalized spacial score (nSPS) is 17.1. The van der Waals surface area contributed by atoms with Crippen LogP contribution in [0.25, 0.3) is 0 Å². The Morgan fingerprint density at radius 1 is 1.25 bits per heavy atom. The molecular weight excluding hydrogens is 208 g/mol. The van der Waals surface area contributed by atoms with Gasteiger partial charge in [0.05, 0.1) is 25.7 Å². The minimum Gasteiger partial charge on any atom is -0.469 e. The Bertz CT molecular complexity index is 223. The highest BCUT2D eigenvalue weighted by Crippen LogP contribution is 2.12. The molecule has 0 aromatic heterocycles. The number of carbonyl (C=O) groups excluding carboxylic acids is 1. The molecule has 0 aromatic carbocycles. The van der Waals surface area contributed by atoms with Crippen LogP contribution in [-0.4, -0.2) is 35.5 Å². The van der Waals surface area contributed by atoms with Gasteiger partial charge >= 0.3 is 5.97 Å². The van der Waals surface area contributed by atoms with Crippen LogP contribution in [0, 0.1) is 5.92 Å². The maximum Gasteiger partial charge on any atom is 0.308 e. The average molecular weight is 230 g/mol. The van der Waals surface area contributed by atoms with Gasteiger partial charge in [-0.1, -0.05) is 19.1 Å². The maximum absolute atomic E-state index is 10.9. The van der Waals surface area contributed by atoms with E-state index in [4.69, 9.17) is 5.11 Å². The van der Waals surface area contributed by atoms with Crippen molar-refractivity contribution < 1.29 is 19.7 Å². The highest BCUT2D eigenvalue weighted by atomic mass is 16.5. The number of ether oxygens (including phenoxy) is 1. The molecular formula is C12H22O4. The molecule has 0 fully saturated rings. The fourth-order valence-electron chi connectivity index (χ4n) is 1.28. The molecule has 0 saturated heterocycles. The van der Waals surface area contributed by atoms with Gasteiger partial charge in [-0.3, -0.25) is 4.79 Å². The smallest absolute Gasteiger partial charge is 0.308 e. The van der Waals surface area contributed by atoms with Crippen molar-refractivity contribution in [1.29, 1.82) is 0 Å². The van der Waals surface area contributed by atoms with E-state index in [-0.39, 0.29) is 18.3 Å². The number of methoxy groups -OCH3 is 1. The van der Waals surface area contributed by atoms with Gasteiger partial charge in [0.1, 0.15) is 0 Å². The molecule has 0 aliphatic carbocycles. The number of aliphatic hydroxyl groups is 2. The van der Waals surface area contributed by atoms with Crippen LogP contribution in [0.2, 0.25) is 0 Å². The molecule has 0 saturated carbocycles. The highest BCUT2D eigenvalue weighted by Gasteiger charge is 2.11. The number of aliphatic hydroxyl groups excluding tert-OH is 2. The number of hydrogen-bond donors (Lipinski definition) is 2. The largest absolute Gasteiger partial charge is 0.469 e. The Morgan fingerprint density at radius 2 is 1.88 bits per heavy atom. The van der Waals surface area contributed by atoms with Crippen LogP contribution in [0.1, 0.15) is 33.1 Å². The van der Waals surface area contributed by atoms with Crippen LogP contribution in [0.5, 0.6) is 0 Å². The summed E-state index contributed by atoms with van der Waals surface area (Å²) in [4.78, 5) is 10.9. The first-order valence-corrected chi connectivity index (χ1v) is 5.57. The van der Waals surface area contributed by atoms with Crippen LogP contribution < -0.4 is 0 Å². The zero-order valence-corrected chi connectivity index (χ0v) is 10.2. The van der Waals surface area contributed by atoms with E-state index in [0.29, 0.717) is 6.42 Å². The summed E-state index contributed by atoms with van der Waals surface area (Å²) < 4.78 is 4.46. The van der Waals surface area contributed by atoms with Crippen molar-refractivity contribution in [3.63, 3.8) is 0 Å². The first kappa shape index (κ1) is 15.1. The minimum absolute atomic E-state index is 0.0450. The molecule has 0 heterocycles. The molecule has 4 nitrogen and oxygen atoms in total. The second-order valence-corrected chi connectivity index (χ2v) is 4.11. The van der Waals surface area contributed by atoms with Gasteiger partial charge in [0, 0.05) is 0 Å². The lowest BCUT2D eigenvalue weighted by molar-refractivity contribution is -0.142. The molecule has 3 atom stereocenters. The summed E-state index contributed by atoms with van der Waals surface area (Å²) in [6.07, 6.45) is 3.93. The van der Waals surface area contributed by atoms with Crippen LogP contribution in [0.15, 0.2) is 12.2 Å². The molecule has 0 rings (SSSR count). The molecule has 4 heteroatoms. The Hall–Kier alpha value is -0.870. The average Bonchev–Trinajstić information content (AvgIpc) is 2.23. The molecule has 1 unspecified atom stereocenters. The van der Waals surface area contributed by atoms with Crippen molar-refractivity contribution in [1.82, 2.24) is 0 Å². The highest BCUT2D eigenvalue weighted by molar-refractivity contribution is 5.69. The van der Waals surface area contributed by atoms with Gasteiger partial charge in [0.2, 0.25) is 0 Å². The van der Waals surface area contributed by atoms with Crippen molar-refractivity contribution in [3.05, 3.63) is 12.2 Å². The summed E-state index contributed by atoms with van der Waals surface area (Å²) in [6, 6.07) is 0. The molecule has 0 aliphatic rings. The lowest BCUT2D eigenvalue weighted by Gasteiger charge is -2.11. The summed E-state index contributed by atoms with van der Waals surface area (Å²) in [5, 5.41) is 18.5. The van der Waals surface area contributed by atoms with Crippen molar-refractivity contribution in [2.45, 2.75) is 45.3 Å². The molecule has 2 N–H and O–H groups in total. The van der Waals surface area contributed by atoms with E-state index in [2.05, 4.69) is 4.74 Å². The molecule has 0 bridgehead atoms. The molecule has 0 radical (unpaired) electrons. The van der Waals surface area contributed by atoms with Crippen molar-refractivity contribution in [2.24, 2.45) is 5.92 Å². The summed E-state index contributed by atoms with van der Waals surface area (Å²) in [5.41, 5.74) is 0. The van der Waals surface area contributed by atoms with Gasteiger partial charge in [-0.25, -0.2) is 0 Å². The summed E-state index contributed by atoms with van der Waals surface area (Å²) in [7, 11) is 1.31. The summed E-state index contributed by atoms with van der Waals surface area (Å²) >= 11 is 0. The molecule has 0 amide bonds. The number of esters is 1. The third-order valence-electron chi connectivity index (χ3n) is 2.30. The SMILES string of the molecule is COC(=O)C[C@@H](O)CC[C@@H](C)/C=C/C(C)O. The Balaban J connectivity index is 3.74. The summed E-state index contributed by atoms with van der Waals surface area (Å²) in [5.74, 6) is -0.110. The monoisotopic (exact) mass is 230 g/mol. The second-order valence-electron chi connectivity index (χ2n) is 4.11. The predicted octanol–water partition coefficient (Wildman–Crippen LogP) is 1.26. The standard InChI is InChI=1S/C12H22O4/c1-9(4-6-10(2)13)5-7-11(14)8-12(15)16-3/h4,6,9-11,13-14H,5,7-8H2,1-3H3/b6-4+/t9-,10?,11-/m0/s1. The fourth-order valence-corrected chi connectivity index (χ4v) is 1.28. The van der Waals surface area contributed by atoms with Crippen LogP contribution >= 0.6 is 0 Å². The van der Waals surface area contributed by atoms with Gasteiger partial charge in [-0.2, -0.15) is 0 Å². The van der Waals surface area contributed by atoms with Gasteiger partial charge < -0.3 is 14.9 Å². The second kappa shape index (κ2) is 8.30. The molecule has 0 aliphatic heterocycles. The van der Waals surface area contributed by atoms with Crippen molar-refractivity contribution in [2.75, 3.05) is 7.11 Å². The molecule has 94 valence electrons. The van der Waals surface area contributed by atoms with E-state index in [1.165, 1.54) is 7.11 Å². The third kappa shape index (κ3) is 8.44. The van der Waals surface area contributed by atoms with E-state index in [1.807, 2.05) is 13.0 Å². The lowest BCUT2D eigenvalue weighted by Crippen LogP contribution is -2.15. The van der Waals surface area contributed by atoms with Crippen molar-refractivity contribution in [3.8, 4) is 0 Å². The van der Waals surface area contributed by atoms with Gasteiger partial charge in [-0.05, 0) is 25.7 Å². The lowest BCUT2D eigenvalue weighted by atomic mass is 10.0. The van der Waals surface area contributed by atoms with Gasteiger partial charge in [-0.15, -0.1) is 0 Å². The Morgan fingerprint density at radius 3 is 2.38 bits per heavy atom. The quantitative estimate of drug-likeness (QED) is 0.510. The Kier molecular flexibility index (Phi) is 7.85. The zero-order valence-electron chi connectivity index (χ0n) is 10.2. The molecule has 0 aromatic rings. The topological polar surface area (TPSA) is 66.8 Å². The van der Waals surface area contributed by atoms with E-state index in [0.717, 1.165) is 6.42 Å². The number of carbonyl (C=O) groups is 1. The molecule has 16 heavy (non-hydrogen) atoms. The van der Waals surface area contributed by atoms with Crippen LogP contribution in [0.4, 0.5) is 0 Å². The molecule has 0 spiro atoms. The fraction of sp³-hybridized carbons (Fsp3) is 0.750. The maximum atomic E-state index is 10.9. The number of rotatable bonds is 7. The first-order chi connectivity index (χ1) is 7.45. The van der Waals surface area contributed by atoms with Gasteiger partial charge in [0.25, 0.3) is 0 Å².